The third kappa shape index (κ3) is 5.61. The molecule has 10 nitrogen and oxygen atoms in total. The Morgan fingerprint density at radius 3 is 2.52 bits per heavy atom. The van der Waals surface area contributed by atoms with Gasteiger partial charge in [0.25, 0.3) is 5.91 Å². The number of amides is 1. The van der Waals surface area contributed by atoms with E-state index in [0.717, 1.165) is 59.0 Å². The van der Waals surface area contributed by atoms with Crippen molar-refractivity contribution < 1.29 is 27.5 Å². The molecule has 3 heterocycles. The van der Waals surface area contributed by atoms with E-state index in [1.807, 2.05) is 18.2 Å². The van der Waals surface area contributed by atoms with Crippen LogP contribution in [0.3, 0.4) is 0 Å². The zero-order chi connectivity index (χ0) is 32.7. The highest BCUT2D eigenvalue weighted by Gasteiger charge is 2.32. The molecule has 0 atom stereocenters. The molecular formula is C35H40N4O6S. The highest BCUT2D eigenvalue weighted by Crippen LogP contribution is 2.48. The zero-order valence-electron chi connectivity index (χ0n) is 26.9. The Labute approximate surface area is 269 Å². The Morgan fingerprint density at radius 1 is 1.07 bits per heavy atom. The lowest BCUT2D eigenvalue weighted by atomic mass is 9.81. The minimum absolute atomic E-state index is 0.237. The lowest BCUT2D eigenvalue weighted by molar-refractivity contribution is 0.0525. The second-order valence-corrected chi connectivity index (χ2v) is 14.6. The summed E-state index contributed by atoms with van der Waals surface area (Å²) in [4.78, 5) is 26.4. The van der Waals surface area contributed by atoms with Crippen molar-refractivity contribution in [2.24, 2.45) is 7.05 Å². The van der Waals surface area contributed by atoms with Gasteiger partial charge in [0.15, 0.2) is 0 Å². The molecule has 0 saturated heterocycles. The number of hydrogen-bond acceptors (Lipinski definition) is 7. The fraction of sp³-hybridized carbons (Fsp3) is 0.400. The van der Waals surface area contributed by atoms with E-state index in [1.54, 1.807) is 37.9 Å². The van der Waals surface area contributed by atoms with Crippen LogP contribution in [-0.4, -0.2) is 53.6 Å². The number of nitrogens with one attached hydrogen (secondary N) is 1. The topological polar surface area (TPSA) is 122 Å². The van der Waals surface area contributed by atoms with Crippen molar-refractivity contribution >= 4 is 44.5 Å². The largest absolute Gasteiger partial charge is 0.497 e. The van der Waals surface area contributed by atoms with E-state index < -0.39 is 27.1 Å². The van der Waals surface area contributed by atoms with Gasteiger partial charge in [0, 0.05) is 29.1 Å². The maximum Gasteiger partial charge on any atom is 0.341 e. The predicted molar refractivity (Wildman–Crippen MR) is 178 cm³/mol. The second-order valence-electron chi connectivity index (χ2n) is 12.3. The summed E-state index contributed by atoms with van der Waals surface area (Å²) in [5.74, 6) is -0.0978. The third-order valence-corrected chi connectivity index (χ3v) is 10.9. The van der Waals surface area contributed by atoms with Gasteiger partial charge in [-0.3, -0.25) is 9.48 Å². The number of aromatic nitrogens is 3. The van der Waals surface area contributed by atoms with E-state index in [1.165, 1.54) is 32.0 Å². The molecule has 2 aromatic carbocycles. The van der Waals surface area contributed by atoms with Crippen LogP contribution in [-0.2, 0) is 28.4 Å². The number of benzene rings is 2. The van der Waals surface area contributed by atoms with Gasteiger partial charge in [-0.2, -0.15) is 5.10 Å². The number of methoxy groups -OCH3 is 1. The smallest absolute Gasteiger partial charge is 0.341 e. The molecule has 1 saturated carbocycles. The monoisotopic (exact) mass is 644 g/mol. The van der Waals surface area contributed by atoms with Crippen LogP contribution in [0.4, 0.5) is 0 Å². The summed E-state index contributed by atoms with van der Waals surface area (Å²) in [6, 6.07) is 11.5. The van der Waals surface area contributed by atoms with Crippen LogP contribution < -0.4 is 9.46 Å². The second kappa shape index (κ2) is 12.4. The lowest BCUT2D eigenvalue weighted by Gasteiger charge is -2.24. The van der Waals surface area contributed by atoms with Gasteiger partial charge < -0.3 is 14.0 Å². The van der Waals surface area contributed by atoms with Crippen LogP contribution in [0, 0.1) is 0 Å². The minimum Gasteiger partial charge on any atom is -0.497 e. The fourth-order valence-electron chi connectivity index (χ4n) is 6.81. The number of esters is 1. The first-order valence-corrected chi connectivity index (χ1v) is 17.4. The van der Waals surface area contributed by atoms with Gasteiger partial charge in [-0.25, -0.2) is 17.9 Å². The summed E-state index contributed by atoms with van der Waals surface area (Å²) < 4.78 is 42.3. The van der Waals surface area contributed by atoms with Crippen LogP contribution in [0.5, 0.6) is 5.75 Å². The molecule has 0 bridgehead atoms. The van der Waals surface area contributed by atoms with Crippen molar-refractivity contribution in [2.75, 3.05) is 13.7 Å². The number of rotatable bonds is 8. The quantitative estimate of drug-likeness (QED) is 0.224. The number of carbonyl (C=O) groups excluding carboxylic acids is 2. The number of allylic oxidation sites excluding steroid dienone is 1. The molecule has 2 aliphatic rings. The molecule has 6 rings (SSSR count). The van der Waals surface area contributed by atoms with Crippen molar-refractivity contribution in [2.45, 2.75) is 70.6 Å². The van der Waals surface area contributed by atoms with Crippen molar-refractivity contribution in [1.82, 2.24) is 19.1 Å². The van der Waals surface area contributed by atoms with E-state index in [0.29, 0.717) is 29.5 Å². The number of sulfonamides is 1. The summed E-state index contributed by atoms with van der Waals surface area (Å²) in [6.45, 7) is 5.45. The van der Waals surface area contributed by atoms with Gasteiger partial charge in [0.05, 0.1) is 43.1 Å². The molecule has 0 radical (unpaired) electrons. The summed E-state index contributed by atoms with van der Waals surface area (Å²) in [5, 5.41) is 4.71. The third-order valence-electron chi connectivity index (χ3n) is 9.15. The van der Waals surface area contributed by atoms with Gasteiger partial charge in [-0.15, -0.1) is 0 Å². The summed E-state index contributed by atoms with van der Waals surface area (Å²) >= 11 is 0. The molecule has 1 fully saturated rings. The van der Waals surface area contributed by atoms with Gasteiger partial charge >= 0.3 is 5.97 Å². The SMILES string of the molecule is CCOC(=O)c1cnn(C)c1C1=Cc2cc(OC)ccc2-c2c(C3CCCCC3)c3ccc(C(=O)NS(=O)(=O)C(C)C)cc3n2C1. The summed E-state index contributed by atoms with van der Waals surface area (Å²) in [6.07, 6.45) is 9.21. The van der Waals surface area contributed by atoms with E-state index >= 15 is 0 Å². The highest BCUT2D eigenvalue weighted by molar-refractivity contribution is 7.90. The van der Waals surface area contributed by atoms with Crippen molar-refractivity contribution in [3.63, 3.8) is 0 Å². The molecule has 0 spiro atoms. The van der Waals surface area contributed by atoms with Gasteiger partial charge in [-0.1, -0.05) is 25.3 Å². The number of aryl methyl sites for hydroxylation is 1. The van der Waals surface area contributed by atoms with Crippen LogP contribution >= 0.6 is 0 Å². The summed E-state index contributed by atoms with van der Waals surface area (Å²) in [5.41, 5.74) is 7.14. The number of carbonyl (C=O) groups is 2. The van der Waals surface area contributed by atoms with E-state index in [-0.39, 0.29) is 12.2 Å². The van der Waals surface area contributed by atoms with E-state index in [2.05, 4.69) is 26.5 Å². The van der Waals surface area contributed by atoms with Gasteiger partial charge in [-0.05, 0) is 92.6 Å². The maximum absolute atomic E-state index is 13.3. The molecule has 2 aromatic heterocycles. The normalized spacial score (nSPS) is 15.2. The zero-order valence-corrected chi connectivity index (χ0v) is 27.7. The first-order valence-electron chi connectivity index (χ1n) is 15.8. The Kier molecular flexibility index (Phi) is 8.54. The molecular weight excluding hydrogens is 604 g/mol. The number of ether oxygens (including phenoxy) is 2. The molecule has 4 aromatic rings. The van der Waals surface area contributed by atoms with E-state index in [9.17, 15) is 18.0 Å². The molecule has 1 amide bonds. The van der Waals surface area contributed by atoms with Crippen molar-refractivity contribution in [3.8, 4) is 17.0 Å². The van der Waals surface area contributed by atoms with Crippen molar-refractivity contribution in [1.29, 1.82) is 0 Å². The number of nitrogens with zero attached hydrogens (tertiary/aromatic N) is 3. The number of hydrogen-bond donors (Lipinski definition) is 1. The molecule has 46 heavy (non-hydrogen) atoms. The average Bonchev–Trinajstić information content (AvgIpc) is 3.52. The molecule has 242 valence electrons. The molecule has 11 heteroatoms. The Morgan fingerprint density at radius 2 is 1.83 bits per heavy atom. The van der Waals surface area contributed by atoms with Crippen LogP contribution in [0.15, 0.2) is 42.6 Å². The van der Waals surface area contributed by atoms with E-state index in [4.69, 9.17) is 9.47 Å². The standard InChI is InChI=1S/C35H40N4O6S/c1-6-45-35(41)29-19-36-38(4)32(29)25-16-24-17-26(44-5)13-15-27(24)33-31(22-10-8-7-9-11-22)28-14-12-23(18-30(28)39(33)20-25)34(40)37-46(42,43)21(2)3/h12-19,21-22H,6-11,20H2,1-5H3,(H,37,40). The van der Waals surface area contributed by atoms with Crippen LogP contribution in [0.2, 0.25) is 0 Å². The minimum atomic E-state index is -3.82. The van der Waals surface area contributed by atoms with Crippen LogP contribution in [0.25, 0.3) is 33.8 Å². The first-order chi connectivity index (χ1) is 22.0. The highest BCUT2D eigenvalue weighted by atomic mass is 32.2. The maximum atomic E-state index is 13.3. The number of fused-ring (bicyclic) bond motifs is 5. The van der Waals surface area contributed by atoms with Crippen LogP contribution in [0.1, 0.15) is 96.3 Å². The molecule has 1 aliphatic carbocycles. The van der Waals surface area contributed by atoms with Gasteiger partial charge in [0.1, 0.15) is 11.3 Å². The van der Waals surface area contributed by atoms with Gasteiger partial charge in [0.2, 0.25) is 10.0 Å². The predicted octanol–water partition coefficient (Wildman–Crippen LogP) is 6.30. The molecule has 1 N–H and O–H groups in total. The Balaban J connectivity index is 1.62. The Hall–Kier alpha value is -4.38. The van der Waals surface area contributed by atoms with Crippen molar-refractivity contribution in [3.05, 3.63) is 70.5 Å². The Bertz CT molecular complexity index is 1980. The lowest BCUT2D eigenvalue weighted by Crippen LogP contribution is -2.35. The summed E-state index contributed by atoms with van der Waals surface area (Å²) in [7, 11) is -0.382. The average molecular weight is 645 g/mol. The molecule has 1 aliphatic heterocycles. The first kappa shape index (κ1) is 31.6. The molecule has 0 unspecified atom stereocenters. The fourth-order valence-corrected chi connectivity index (χ4v) is 7.42.